The van der Waals surface area contributed by atoms with E-state index < -0.39 is 6.04 Å². The second kappa shape index (κ2) is 11.9. The number of nitrogens with zero attached hydrogens (tertiary/aromatic N) is 3. The summed E-state index contributed by atoms with van der Waals surface area (Å²) in [5.41, 5.74) is 3.48. The van der Waals surface area contributed by atoms with Crippen LogP contribution in [0.25, 0.3) is 6.08 Å². The van der Waals surface area contributed by atoms with Crippen LogP contribution < -0.4 is 25.1 Å². The van der Waals surface area contributed by atoms with E-state index in [0.717, 1.165) is 29.0 Å². The van der Waals surface area contributed by atoms with Gasteiger partial charge in [-0.1, -0.05) is 67.6 Å². The zero-order chi connectivity index (χ0) is 29.4. The van der Waals surface area contributed by atoms with Crippen LogP contribution in [-0.4, -0.2) is 36.8 Å². The molecule has 1 fully saturated rings. The summed E-state index contributed by atoms with van der Waals surface area (Å²) in [6.07, 6.45) is 1.75. The van der Waals surface area contributed by atoms with Crippen LogP contribution in [0.5, 0.6) is 0 Å². The largest absolute Gasteiger partial charge is 0.440 e. The van der Waals surface area contributed by atoms with Gasteiger partial charge >= 0.3 is 0 Å². The third kappa shape index (κ3) is 5.54. The Morgan fingerprint density at radius 3 is 2.52 bits per heavy atom. The highest BCUT2D eigenvalue weighted by Crippen LogP contribution is 2.33. The zero-order valence-corrected chi connectivity index (χ0v) is 26.0. The number of ether oxygens (including phenoxy) is 1. The Morgan fingerprint density at radius 1 is 1.12 bits per heavy atom. The Balaban J connectivity index is 1.45. The van der Waals surface area contributed by atoms with Crippen molar-refractivity contribution in [1.29, 1.82) is 0 Å². The number of nitrogens with one attached hydrogen (secondary N) is 1. The van der Waals surface area contributed by atoms with E-state index in [0.29, 0.717) is 51.2 Å². The first kappa shape index (κ1) is 28.4. The molecule has 0 saturated carbocycles. The normalized spacial score (nSPS) is 17.4. The number of para-hydroxylation sites is 1. The minimum Gasteiger partial charge on any atom is -0.440 e. The highest BCUT2D eigenvalue weighted by atomic mass is 79.9. The number of allylic oxidation sites excluding steroid dienone is 1. The van der Waals surface area contributed by atoms with Crippen LogP contribution in [0, 0.1) is 0 Å². The minimum atomic E-state index is -0.638. The molecule has 6 rings (SSSR count). The van der Waals surface area contributed by atoms with Crippen LogP contribution in [0.2, 0.25) is 0 Å². The van der Waals surface area contributed by atoms with Crippen LogP contribution in [-0.2, 0) is 9.53 Å². The molecular weight excluding hydrogens is 616 g/mol. The van der Waals surface area contributed by atoms with Crippen LogP contribution in [0.3, 0.4) is 0 Å². The lowest BCUT2D eigenvalue weighted by atomic mass is 9.93. The van der Waals surface area contributed by atoms with E-state index in [1.54, 1.807) is 10.6 Å². The van der Waals surface area contributed by atoms with Crippen molar-refractivity contribution in [3.63, 3.8) is 0 Å². The Morgan fingerprint density at radius 2 is 1.83 bits per heavy atom. The molecule has 4 heterocycles. The Kier molecular flexibility index (Phi) is 8.02. The fourth-order valence-electron chi connectivity index (χ4n) is 5.27. The highest BCUT2D eigenvalue weighted by molar-refractivity contribution is 9.10. The molecule has 0 radical (unpaired) electrons. The quantitative estimate of drug-likeness (QED) is 0.312. The number of anilines is 2. The van der Waals surface area contributed by atoms with Crippen molar-refractivity contribution in [1.82, 2.24) is 4.57 Å². The Hall–Kier alpha value is -3.73. The maximum Gasteiger partial charge on any atom is 0.271 e. The molecular formula is C32H31BrN4O4S. The predicted octanol–water partition coefficient (Wildman–Crippen LogP) is 5.19. The topological polar surface area (TPSA) is 89.1 Å². The molecule has 1 N–H and O–H groups in total. The van der Waals surface area contributed by atoms with Crippen molar-refractivity contribution >= 4 is 50.8 Å². The number of carbonyl (C=O) groups excluding carboxylic acids is 1. The van der Waals surface area contributed by atoms with Crippen LogP contribution in [0.1, 0.15) is 49.6 Å². The summed E-state index contributed by atoms with van der Waals surface area (Å²) < 4.78 is 14.6. The zero-order valence-electron chi connectivity index (χ0n) is 23.6. The maximum absolute atomic E-state index is 14.1. The minimum absolute atomic E-state index is 0.227. The summed E-state index contributed by atoms with van der Waals surface area (Å²) in [6.45, 7) is 8.84. The van der Waals surface area contributed by atoms with Gasteiger partial charge in [0.25, 0.3) is 11.5 Å². The van der Waals surface area contributed by atoms with Crippen molar-refractivity contribution in [3.8, 4) is 0 Å². The molecule has 42 heavy (non-hydrogen) atoms. The third-order valence-electron chi connectivity index (χ3n) is 7.48. The number of rotatable bonds is 6. The number of morpholine rings is 1. The molecule has 1 saturated heterocycles. The molecule has 8 nitrogen and oxygen atoms in total. The molecule has 216 valence electrons. The molecule has 1 amide bonds. The lowest BCUT2D eigenvalue weighted by Gasteiger charge is -2.26. The molecule has 0 spiro atoms. The van der Waals surface area contributed by atoms with Gasteiger partial charge in [-0.3, -0.25) is 14.2 Å². The summed E-state index contributed by atoms with van der Waals surface area (Å²) >= 11 is 4.90. The van der Waals surface area contributed by atoms with Crippen molar-refractivity contribution in [2.75, 3.05) is 36.5 Å². The van der Waals surface area contributed by atoms with Crippen molar-refractivity contribution in [2.45, 2.75) is 32.7 Å². The van der Waals surface area contributed by atoms with Gasteiger partial charge in [-0.2, -0.15) is 0 Å². The van der Waals surface area contributed by atoms with Gasteiger partial charge in [0, 0.05) is 30.9 Å². The number of aromatic nitrogens is 1. The van der Waals surface area contributed by atoms with Crippen LogP contribution in [0.4, 0.5) is 11.6 Å². The second-order valence-electron chi connectivity index (χ2n) is 10.6. The van der Waals surface area contributed by atoms with Crippen molar-refractivity contribution < 1.29 is 13.9 Å². The first-order valence-corrected chi connectivity index (χ1v) is 15.5. The SMILES string of the molecule is CC1=C(C(=O)Nc2ccccc2)[C@@H](c2ccc(C(C)C)cc2)n2c(s/c(=C\c3cc(Br)c(N4CCOCC4)o3)c2=O)=N1. The number of hydrogen-bond acceptors (Lipinski definition) is 7. The third-order valence-corrected chi connectivity index (χ3v) is 9.03. The number of fused-ring (bicyclic) bond motifs is 1. The average Bonchev–Trinajstić information content (AvgIpc) is 3.51. The monoisotopic (exact) mass is 646 g/mol. The summed E-state index contributed by atoms with van der Waals surface area (Å²) in [5.74, 6) is 1.34. The van der Waals surface area contributed by atoms with E-state index in [2.05, 4.69) is 52.1 Å². The number of amides is 1. The number of halogens is 1. The standard InChI is InChI=1S/C32H31BrN4O4S/c1-19(2)21-9-11-22(12-10-21)28-27(29(38)35-23-7-5-4-6-8-23)20(3)34-32-37(28)30(39)26(42-32)18-24-17-25(33)31(41-24)36-13-15-40-16-14-36/h4-12,17-19,28H,13-16H2,1-3H3,(H,35,38)/b26-18-/t28-/m1/s1. The summed E-state index contributed by atoms with van der Waals surface area (Å²) in [4.78, 5) is 35.2. The van der Waals surface area contributed by atoms with Gasteiger partial charge in [-0.15, -0.1) is 0 Å². The van der Waals surface area contributed by atoms with Crippen LogP contribution in [0.15, 0.2) is 90.6 Å². The first-order valence-electron chi connectivity index (χ1n) is 13.9. The van der Waals surface area contributed by atoms with E-state index in [4.69, 9.17) is 14.1 Å². The molecule has 2 aliphatic heterocycles. The highest BCUT2D eigenvalue weighted by Gasteiger charge is 2.32. The predicted molar refractivity (Wildman–Crippen MR) is 169 cm³/mol. The fourth-order valence-corrected chi connectivity index (χ4v) is 6.85. The number of hydrogen-bond donors (Lipinski definition) is 1. The van der Waals surface area contributed by atoms with Gasteiger partial charge in [0.15, 0.2) is 4.80 Å². The number of carbonyl (C=O) groups is 1. The van der Waals surface area contributed by atoms with Gasteiger partial charge in [0.2, 0.25) is 5.88 Å². The summed E-state index contributed by atoms with van der Waals surface area (Å²) in [6, 6.07) is 18.7. The molecule has 1 atom stereocenters. The fraction of sp³-hybridized carbons (Fsp3) is 0.281. The average molecular weight is 648 g/mol. The smallest absolute Gasteiger partial charge is 0.271 e. The van der Waals surface area contributed by atoms with Crippen LogP contribution >= 0.6 is 27.3 Å². The molecule has 0 unspecified atom stereocenters. The van der Waals surface area contributed by atoms with E-state index in [1.165, 1.54) is 16.9 Å². The Labute approximate surface area is 255 Å². The van der Waals surface area contributed by atoms with E-state index in [1.807, 2.05) is 55.5 Å². The summed E-state index contributed by atoms with van der Waals surface area (Å²) in [5, 5.41) is 3.00. The summed E-state index contributed by atoms with van der Waals surface area (Å²) in [7, 11) is 0. The van der Waals surface area contributed by atoms with E-state index in [-0.39, 0.29) is 11.5 Å². The second-order valence-corrected chi connectivity index (χ2v) is 12.5. The molecule has 0 bridgehead atoms. The van der Waals surface area contributed by atoms with Gasteiger partial charge in [0.05, 0.1) is 39.5 Å². The molecule has 0 aliphatic carbocycles. The van der Waals surface area contributed by atoms with Gasteiger partial charge in [-0.05, 0) is 52.0 Å². The van der Waals surface area contributed by atoms with E-state index >= 15 is 0 Å². The first-order chi connectivity index (χ1) is 20.3. The Bertz CT molecular complexity index is 1830. The molecule has 2 aromatic heterocycles. The van der Waals surface area contributed by atoms with Crippen molar-refractivity contribution in [3.05, 3.63) is 113 Å². The lowest BCUT2D eigenvalue weighted by Crippen LogP contribution is -2.40. The van der Waals surface area contributed by atoms with Crippen molar-refractivity contribution in [2.24, 2.45) is 4.99 Å². The molecule has 2 aliphatic rings. The molecule has 10 heteroatoms. The maximum atomic E-state index is 14.1. The van der Waals surface area contributed by atoms with Gasteiger partial charge in [0.1, 0.15) is 5.76 Å². The number of furan rings is 1. The van der Waals surface area contributed by atoms with Gasteiger partial charge < -0.3 is 19.4 Å². The molecule has 4 aromatic rings. The van der Waals surface area contributed by atoms with Gasteiger partial charge in [-0.25, -0.2) is 4.99 Å². The lowest BCUT2D eigenvalue weighted by molar-refractivity contribution is -0.113. The number of benzene rings is 2. The molecule has 2 aromatic carbocycles. The number of thiazole rings is 1. The van der Waals surface area contributed by atoms with E-state index in [9.17, 15) is 9.59 Å².